The van der Waals surface area contributed by atoms with Crippen molar-refractivity contribution in [1.29, 1.82) is 0 Å². The lowest BCUT2D eigenvalue weighted by molar-refractivity contribution is 0.274. The van der Waals surface area contributed by atoms with Crippen LogP contribution in [0.25, 0.3) is 0 Å². The van der Waals surface area contributed by atoms with Crippen molar-refractivity contribution < 1.29 is 13.5 Å². The molecule has 0 bridgehead atoms. The van der Waals surface area contributed by atoms with E-state index in [4.69, 9.17) is 5.11 Å². The molecule has 1 aromatic rings. The van der Waals surface area contributed by atoms with Crippen LogP contribution < -0.4 is 4.72 Å². The highest BCUT2D eigenvalue weighted by molar-refractivity contribution is 7.89. The molecule has 106 valence electrons. The zero-order valence-corrected chi connectivity index (χ0v) is 12.0. The molecule has 19 heavy (non-hydrogen) atoms. The molecule has 2 atom stereocenters. The van der Waals surface area contributed by atoms with Gasteiger partial charge in [0.15, 0.2) is 0 Å². The fourth-order valence-electron chi connectivity index (χ4n) is 2.22. The molecule has 1 fully saturated rings. The SMILES string of the molecule is CCCCNS(=O)(=O)c1ccc([C@H]2C[C@@H]2CO)cc1. The Morgan fingerprint density at radius 1 is 1.32 bits per heavy atom. The van der Waals surface area contributed by atoms with Gasteiger partial charge in [-0.3, -0.25) is 0 Å². The van der Waals surface area contributed by atoms with Crippen molar-refractivity contribution in [3.63, 3.8) is 0 Å². The van der Waals surface area contributed by atoms with Crippen LogP contribution in [0, 0.1) is 5.92 Å². The van der Waals surface area contributed by atoms with Crippen LogP contribution in [0.2, 0.25) is 0 Å². The maximum absolute atomic E-state index is 12.0. The minimum absolute atomic E-state index is 0.212. The van der Waals surface area contributed by atoms with Gasteiger partial charge in [0.2, 0.25) is 10.0 Å². The molecule has 1 aliphatic carbocycles. The highest BCUT2D eigenvalue weighted by Crippen LogP contribution is 2.46. The zero-order valence-electron chi connectivity index (χ0n) is 11.2. The minimum Gasteiger partial charge on any atom is -0.396 e. The molecule has 0 radical (unpaired) electrons. The lowest BCUT2D eigenvalue weighted by Gasteiger charge is -2.07. The van der Waals surface area contributed by atoms with Crippen molar-refractivity contribution in [2.75, 3.05) is 13.2 Å². The summed E-state index contributed by atoms with van der Waals surface area (Å²) in [7, 11) is -3.37. The predicted molar refractivity (Wildman–Crippen MR) is 74.5 cm³/mol. The summed E-state index contributed by atoms with van der Waals surface area (Å²) in [4.78, 5) is 0.313. The van der Waals surface area contributed by atoms with E-state index in [1.54, 1.807) is 12.1 Å². The van der Waals surface area contributed by atoms with E-state index in [9.17, 15) is 8.42 Å². The lowest BCUT2D eigenvalue weighted by atomic mass is 10.1. The summed E-state index contributed by atoms with van der Waals surface area (Å²) in [5.41, 5.74) is 1.12. The van der Waals surface area contributed by atoms with E-state index in [1.165, 1.54) is 0 Å². The van der Waals surface area contributed by atoms with Crippen LogP contribution in [-0.2, 0) is 10.0 Å². The van der Waals surface area contributed by atoms with Crippen molar-refractivity contribution in [3.05, 3.63) is 29.8 Å². The van der Waals surface area contributed by atoms with Crippen LogP contribution in [-0.4, -0.2) is 26.7 Å². The van der Waals surface area contributed by atoms with Crippen molar-refractivity contribution in [2.45, 2.75) is 37.0 Å². The average molecular weight is 283 g/mol. The number of nitrogens with one attached hydrogen (secondary N) is 1. The zero-order chi connectivity index (χ0) is 13.9. The summed E-state index contributed by atoms with van der Waals surface area (Å²) in [6.45, 7) is 2.72. The number of aliphatic hydroxyl groups is 1. The molecule has 1 aliphatic rings. The molecule has 2 rings (SSSR count). The fourth-order valence-corrected chi connectivity index (χ4v) is 3.29. The first-order valence-corrected chi connectivity index (χ1v) is 8.27. The average Bonchev–Trinajstić information content (AvgIpc) is 3.18. The monoisotopic (exact) mass is 283 g/mol. The van der Waals surface area contributed by atoms with Gasteiger partial charge in [-0.25, -0.2) is 13.1 Å². The molecule has 4 nitrogen and oxygen atoms in total. The fraction of sp³-hybridized carbons (Fsp3) is 0.571. The maximum atomic E-state index is 12.0. The predicted octanol–water partition coefficient (Wildman–Crippen LogP) is 1.86. The van der Waals surface area contributed by atoms with Crippen LogP contribution in [0.15, 0.2) is 29.2 Å². The Labute approximate surface area is 114 Å². The quantitative estimate of drug-likeness (QED) is 0.751. The van der Waals surface area contributed by atoms with Crippen LogP contribution >= 0.6 is 0 Å². The van der Waals surface area contributed by atoms with Gasteiger partial charge in [-0.05, 0) is 42.4 Å². The highest BCUT2D eigenvalue weighted by atomic mass is 32.2. The van der Waals surface area contributed by atoms with E-state index in [0.29, 0.717) is 23.3 Å². The number of hydrogen-bond acceptors (Lipinski definition) is 3. The maximum Gasteiger partial charge on any atom is 0.240 e. The standard InChI is InChI=1S/C14H21NO3S/c1-2-3-8-15-19(17,18)13-6-4-11(5-7-13)14-9-12(14)10-16/h4-7,12,14-16H,2-3,8-10H2,1H3/t12-,14-/m1/s1. The van der Waals surface area contributed by atoms with E-state index in [0.717, 1.165) is 24.8 Å². The summed E-state index contributed by atoms with van der Waals surface area (Å²) < 4.78 is 26.5. The second kappa shape index (κ2) is 6.03. The molecular weight excluding hydrogens is 262 g/mol. The van der Waals surface area contributed by atoms with Crippen LogP contribution in [0.5, 0.6) is 0 Å². The normalized spacial score (nSPS) is 22.4. The number of sulfonamides is 1. The molecule has 0 saturated heterocycles. The van der Waals surface area contributed by atoms with Crippen molar-refractivity contribution >= 4 is 10.0 Å². The molecule has 0 unspecified atom stereocenters. The summed E-state index contributed by atoms with van der Waals surface area (Å²) in [6, 6.07) is 7.01. The molecule has 0 spiro atoms. The first-order valence-electron chi connectivity index (χ1n) is 6.79. The number of aliphatic hydroxyl groups excluding tert-OH is 1. The van der Waals surface area contributed by atoms with Crippen molar-refractivity contribution in [2.24, 2.45) is 5.92 Å². The molecule has 1 saturated carbocycles. The van der Waals surface area contributed by atoms with Crippen LogP contribution in [0.4, 0.5) is 0 Å². The summed E-state index contributed by atoms with van der Waals surface area (Å²) in [5.74, 6) is 0.750. The third-order valence-electron chi connectivity index (χ3n) is 3.60. The van der Waals surface area contributed by atoms with E-state index in [-0.39, 0.29) is 6.61 Å². The number of rotatable bonds is 7. The van der Waals surface area contributed by atoms with Gasteiger partial charge in [0.25, 0.3) is 0 Å². The highest BCUT2D eigenvalue weighted by Gasteiger charge is 2.37. The third kappa shape index (κ3) is 3.55. The lowest BCUT2D eigenvalue weighted by Crippen LogP contribution is -2.24. The van der Waals surface area contributed by atoms with Crippen LogP contribution in [0.1, 0.15) is 37.7 Å². The summed E-state index contributed by atoms with van der Waals surface area (Å²) in [6.07, 6.45) is 2.81. The summed E-state index contributed by atoms with van der Waals surface area (Å²) in [5, 5.41) is 9.04. The second-order valence-electron chi connectivity index (χ2n) is 5.11. The molecule has 2 N–H and O–H groups in total. The van der Waals surface area contributed by atoms with Gasteiger partial charge in [-0.15, -0.1) is 0 Å². The van der Waals surface area contributed by atoms with E-state index in [1.807, 2.05) is 19.1 Å². The Morgan fingerprint density at radius 2 is 2.00 bits per heavy atom. The Bertz CT molecular complexity index is 510. The van der Waals surface area contributed by atoms with Gasteiger partial charge in [-0.2, -0.15) is 0 Å². The second-order valence-corrected chi connectivity index (χ2v) is 6.87. The van der Waals surface area contributed by atoms with Gasteiger partial charge in [0, 0.05) is 13.2 Å². The first kappa shape index (κ1) is 14.5. The Kier molecular flexibility index (Phi) is 4.60. The van der Waals surface area contributed by atoms with Crippen molar-refractivity contribution in [1.82, 2.24) is 4.72 Å². The smallest absolute Gasteiger partial charge is 0.240 e. The van der Waals surface area contributed by atoms with Gasteiger partial charge < -0.3 is 5.11 Å². The largest absolute Gasteiger partial charge is 0.396 e. The third-order valence-corrected chi connectivity index (χ3v) is 5.07. The first-order chi connectivity index (χ1) is 9.08. The molecular formula is C14H21NO3S. The number of hydrogen-bond donors (Lipinski definition) is 2. The molecule has 0 aliphatic heterocycles. The molecule has 1 aromatic carbocycles. The summed E-state index contributed by atoms with van der Waals surface area (Å²) >= 11 is 0. The molecule has 0 aromatic heterocycles. The topological polar surface area (TPSA) is 66.4 Å². The molecule has 0 heterocycles. The van der Waals surface area contributed by atoms with Gasteiger partial charge in [0.05, 0.1) is 4.90 Å². The van der Waals surface area contributed by atoms with Gasteiger partial charge in [-0.1, -0.05) is 25.5 Å². The number of unbranched alkanes of at least 4 members (excludes halogenated alkanes) is 1. The minimum atomic E-state index is -3.37. The van der Waals surface area contributed by atoms with E-state index < -0.39 is 10.0 Å². The Hall–Kier alpha value is -0.910. The van der Waals surface area contributed by atoms with E-state index >= 15 is 0 Å². The van der Waals surface area contributed by atoms with Crippen molar-refractivity contribution in [3.8, 4) is 0 Å². The number of benzene rings is 1. The van der Waals surface area contributed by atoms with E-state index in [2.05, 4.69) is 4.72 Å². The van der Waals surface area contributed by atoms with Crippen LogP contribution in [0.3, 0.4) is 0 Å². The van der Waals surface area contributed by atoms with Gasteiger partial charge >= 0.3 is 0 Å². The molecule has 5 heteroatoms. The van der Waals surface area contributed by atoms with Gasteiger partial charge in [0.1, 0.15) is 0 Å². The Morgan fingerprint density at radius 3 is 2.53 bits per heavy atom. The molecule has 0 amide bonds. The Balaban J connectivity index is 2.01.